The Labute approximate surface area is 239 Å². The largest absolute Gasteiger partial charge is 0.321 e. The quantitative estimate of drug-likeness (QED) is 0.241. The summed E-state index contributed by atoms with van der Waals surface area (Å²) in [5, 5.41) is 14.0. The summed E-state index contributed by atoms with van der Waals surface area (Å²) in [6, 6.07) is 38.5. The fourth-order valence-corrected chi connectivity index (χ4v) is 5.41. The number of fused-ring (bicyclic) bond motifs is 1. The molecule has 1 atom stereocenters. The molecule has 0 spiro atoms. The van der Waals surface area contributed by atoms with Crippen LogP contribution >= 0.6 is 0 Å². The minimum atomic E-state index is -0.480. The van der Waals surface area contributed by atoms with E-state index in [4.69, 9.17) is 0 Å². The van der Waals surface area contributed by atoms with E-state index >= 15 is 0 Å². The fourth-order valence-electron chi connectivity index (χ4n) is 5.41. The molecule has 0 fully saturated rings. The zero-order valence-corrected chi connectivity index (χ0v) is 23.0. The van der Waals surface area contributed by atoms with Gasteiger partial charge in [-0.25, -0.2) is 4.68 Å². The highest BCUT2D eigenvalue weighted by atomic mass is 16.1. The second-order valence-electron chi connectivity index (χ2n) is 10.4. The van der Waals surface area contributed by atoms with E-state index in [0.717, 1.165) is 34.0 Å². The van der Waals surface area contributed by atoms with Crippen molar-refractivity contribution in [2.24, 2.45) is 0 Å². The van der Waals surface area contributed by atoms with Crippen molar-refractivity contribution < 1.29 is 0 Å². The molecule has 41 heavy (non-hydrogen) atoms. The highest BCUT2D eigenvalue weighted by Crippen LogP contribution is 2.29. The number of benzene rings is 4. The van der Waals surface area contributed by atoms with Gasteiger partial charge in [-0.05, 0) is 57.5 Å². The molecule has 2 heterocycles. The van der Waals surface area contributed by atoms with Crippen LogP contribution in [0.2, 0.25) is 0 Å². The number of aromatic amines is 1. The molecule has 1 N–H and O–H groups in total. The Morgan fingerprint density at radius 3 is 2.17 bits per heavy atom. The first-order chi connectivity index (χ1) is 20.2. The van der Waals surface area contributed by atoms with E-state index in [1.165, 1.54) is 5.56 Å². The predicted molar refractivity (Wildman–Crippen MR) is 162 cm³/mol. The molecule has 7 heteroatoms. The number of nitrogens with zero attached hydrogens (tertiary/aromatic N) is 5. The molecular weight excluding hydrogens is 508 g/mol. The van der Waals surface area contributed by atoms with Crippen molar-refractivity contribution in [3.05, 3.63) is 159 Å². The van der Waals surface area contributed by atoms with E-state index < -0.39 is 6.04 Å². The zero-order valence-electron chi connectivity index (χ0n) is 23.0. The Balaban J connectivity index is 1.49. The lowest BCUT2D eigenvalue weighted by atomic mass is 10.0. The van der Waals surface area contributed by atoms with Gasteiger partial charge in [0.15, 0.2) is 5.82 Å². The lowest BCUT2D eigenvalue weighted by molar-refractivity contribution is 0.205. The van der Waals surface area contributed by atoms with Crippen molar-refractivity contribution in [2.45, 2.75) is 32.5 Å². The van der Waals surface area contributed by atoms with E-state index in [2.05, 4.69) is 73.9 Å². The van der Waals surface area contributed by atoms with Crippen LogP contribution in [0.3, 0.4) is 0 Å². The molecule has 6 aromatic rings. The summed E-state index contributed by atoms with van der Waals surface area (Å²) in [5.41, 5.74) is 5.84. The number of aryl methyl sites for hydroxylation is 1. The molecule has 6 rings (SSSR count). The van der Waals surface area contributed by atoms with E-state index in [1.54, 1.807) is 0 Å². The van der Waals surface area contributed by atoms with Gasteiger partial charge in [0.25, 0.3) is 5.56 Å². The summed E-state index contributed by atoms with van der Waals surface area (Å²) >= 11 is 0. The number of aromatic nitrogens is 5. The first kappa shape index (κ1) is 26.3. The molecule has 0 aliphatic carbocycles. The number of rotatable bonds is 10. The van der Waals surface area contributed by atoms with Crippen molar-refractivity contribution in [1.29, 1.82) is 0 Å². The van der Waals surface area contributed by atoms with Crippen LogP contribution in [0.1, 0.15) is 39.7 Å². The van der Waals surface area contributed by atoms with Gasteiger partial charge in [-0.2, -0.15) is 0 Å². The van der Waals surface area contributed by atoms with Gasteiger partial charge in [0.2, 0.25) is 0 Å². The Kier molecular flexibility index (Phi) is 7.78. The molecule has 0 saturated carbocycles. The maximum absolute atomic E-state index is 13.9. The van der Waals surface area contributed by atoms with Crippen LogP contribution in [0.25, 0.3) is 10.9 Å². The standard InChI is InChI=1S/C34H32N6O/c1-25-12-11-19-29-22-30(34(41)35-31(25)29)32(33-36-37-38-40(33)24-28-17-9-4-10-18-28)39(23-27-15-7-3-8-16-27)21-20-26-13-5-2-6-14-26/h2-19,22,32H,20-21,23-24H2,1H3,(H,35,41)/t32-/m1/s1. The highest BCUT2D eigenvalue weighted by molar-refractivity contribution is 5.82. The third kappa shape index (κ3) is 6.00. The normalized spacial score (nSPS) is 12.1. The van der Waals surface area contributed by atoms with E-state index in [1.807, 2.05) is 78.3 Å². The number of para-hydroxylation sites is 1. The Morgan fingerprint density at radius 1 is 0.805 bits per heavy atom. The number of hydrogen-bond acceptors (Lipinski definition) is 5. The summed E-state index contributed by atoms with van der Waals surface area (Å²) in [4.78, 5) is 19.4. The van der Waals surface area contributed by atoms with Gasteiger partial charge in [-0.15, -0.1) is 5.10 Å². The first-order valence-electron chi connectivity index (χ1n) is 13.9. The van der Waals surface area contributed by atoms with Crippen LogP contribution in [0.5, 0.6) is 0 Å². The molecule has 7 nitrogen and oxygen atoms in total. The molecule has 2 aromatic heterocycles. The molecular formula is C34H32N6O. The molecule has 0 aliphatic rings. The minimum Gasteiger partial charge on any atom is -0.321 e. The van der Waals surface area contributed by atoms with Gasteiger partial charge in [0.05, 0.1) is 12.1 Å². The number of pyridine rings is 1. The van der Waals surface area contributed by atoms with Crippen molar-refractivity contribution in [2.75, 3.05) is 6.54 Å². The van der Waals surface area contributed by atoms with Crippen LogP contribution in [-0.4, -0.2) is 36.6 Å². The number of H-pyrrole nitrogens is 1. The average molecular weight is 541 g/mol. The van der Waals surface area contributed by atoms with Crippen LogP contribution in [0, 0.1) is 6.92 Å². The number of tetrazole rings is 1. The topological polar surface area (TPSA) is 79.7 Å². The van der Waals surface area contributed by atoms with Crippen LogP contribution in [0.4, 0.5) is 0 Å². The van der Waals surface area contributed by atoms with Crippen LogP contribution in [-0.2, 0) is 19.5 Å². The molecule has 0 aliphatic heterocycles. The first-order valence-corrected chi connectivity index (χ1v) is 13.9. The van der Waals surface area contributed by atoms with Gasteiger partial charge >= 0.3 is 0 Å². The third-order valence-corrected chi connectivity index (χ3v) is 7.51. The average Bonchev–Trinajstić information content (AvgIpc) is 3.45. The summed E-state index contributed by atoms with van der Waals surface area (Å²) in [5.74, 6) is 0.635. The molecule has 0 saturated heterocycles. The molecule has 0 amide bonds. The highest BCUT2D eigenvalue weighted by Gasteiger charge is 2.31. The summed E-state index contributed by atoms with van der Waals surface area (Å²) < 4.78 is 1.82. The van der Waals surface area contributed by atoms with Gasteiger partial charge in [0, 0.05) is 18.7 Å². The van der Waals surface area contributed by atoms with Gasteiger partial charge < -0.3 is 4.98 Å². The maximum Gasteiger partial charge on any atom is 0.253 e. The van der Waals surface area contributed by atoms with Gasteiger partial charge in [0.1, 0.15) is 6.04 Å². The van der Waals surface area contributed by atoms with Gasteiger partial charge in [-0.3, -0.25) is 9.69 Å². The summed E-state index contributed by atoms with van der Waals surface area (Å²) in [6.45, 7) is 3.84. The van der Waals surface area contributed by atoms with Crippen LogP contribution < -0.4 is 5.56 Å². The fraction of sp³-hybridized carbons (Fsp3) is 0.176. The van der Waals surface area contributed by atoms with E-state index in [9.17, 15) is 4.79 Å². The second kappa shape index (κ2) is 12.1. The minimum absolute atomic E-state index is 0.135. The number of nitrogens with one attached hydrogen (secondary N) is 1. The summed E-state index contributed by atoms with van der Waals surface area (Å²) in [6.07, 6.45) is 0.815. The SMILES string of the molecule is Cc1cccc2cc([C@H](c3nnnn3Cc3ccccc3)N(CCc3ccccc3)Cc3ccccc3)c(=O)[nH]c12. The van der Waals surface area contributed by atoms with Crippen molar-refractivity contribution in [3.63, 3.8) is 0 Å². The Bertz CT molecular complexity index is 1780. The Morgan fingerprint density at radius 2 is 1.46 bits per heavy atom. The molecule has 4 aromatic carbocycles. The van der Waals surface area contributed by atoms with Crippen molar-refractivity contribution >= 4 is 10.9 Å². The van der Waals surface area contributed by atoms with Crippen molar-refractivity contribution in [3.8, 4) is 0 Å². The maximum atomic E-state index is 13.9. The lowest BCUT2D eigenvalue weighted by Gasteiger charge is -2.31. The zero-order chi connectivity index (χ0) is 28.0. The van der Waals surface area contributed by atoms with Crippen LogP contribution in [0.15, 0.2) is 120 Å². The van der Waals surface area contributed by atoms with Gasteiger partial charge in [-0.1, -0.05) is 109 Å². The van der Waals surface area contributed by atoms with Crippen molar-refractivity contribution in [1.82, 2.24) is 30.1 Å². The monoisotopic (exact) mass is 540 g/mol. The molecule has 0 bridgehead atoms. The predicted octanol–water partition coefficient (Wildman–Crippen LogP) is 5.71. The smallest absolute Gasteiger partial charge is 0.253 e. The molecule has 204 valence electrons. The molecule has 0 unspecified atom stereocenters. The Hall–Kier alpha value is -4.88. The third-order valence-electron chi connectivity index (χ3n) is 7.51. The van der Waals surface area contributed by atoms with E-state index in [0.29, 0.717) is 31.0 Å². The lowest BCUT2D eigenvalue weighted by Crippen LogP contribution is -2.36. The van der Waals surface area contributed by atoms with E-state index in [-0.39, 0.29) is 5.56 Å². The number of hydrogen-bond donors (Lipinski definition) is 1. The molecule has 0 radical (unpaired) electrons. The summed E-state index contributed by atoms with van der Waals surface area (Å²) in [7, 11) is 0. The second-order valence-corrected chi connectivity index (χ2v) is 10.4.